The number of hydrogen-bond acceptors (Lipinski definition) is 7. The van der Waals surface area contributed by atoms with Crippen molar-refractivity contribution in [1.82, 2.24) is 15.5 Å². The number of nitrogens with two attached hydrogens (primary N) is 4. The molecule has 3 atom stereocenters. The summed E-state index contributed by atoms with van der Waals surface area (Å²) in [6.07, 6.45) is 0.509. The molecule has 0 aliphatic carbocycles. The lowest BCUT2D eigenvalue weighted by Crippen LogP contribution is -2.56. The quantitative estimate of drug-likeness (QED) is 0.0600. The first-order chi connectivity index (χ1) is 20.9. The summed E-state index contributed by atoms with van der Waals surface area (Å²) in [6, 6.07) is 11.6. The number of aromatic hydroxyl groups is 1. The van der Waals surface area contributed by atoms with E-state index in [9.17, 15) is 29.4 Å². The Morgan fingerprint density at radius 3 is 2.02 bits per heavy atom. The van der Waals surface area contributed by atoms with Gasteiger partial charge in [-0.05, 0) is 43.0 Å². The van der Waals surface area contributed by atoms with Gasteiger partial charge in [-0.25, -0.2) is 4.99 Å². The highest BCUT2D eigenvalue weighted by atomic mass is 16.4. The fraction of sp³-hybridized carbons (Fsp3) is 0.379. The zero-order chi connectivity index (χ0) is 32.6. The number of hydrogen-bond donors (Lipinski definition) is 8. The molecule has 0 aromatic heterocycles. The number of rotatable bonds is 17. The number of nitrogens with one attached hydrogen (secondary N) is 2. The van der Waals surface area contributed by atoms with E-state index in [1.165, 1.54) is 12.1 Å². The Kier molecular flexibility index (Phi) is 13.9. The molecule has 2 aromatic rings. The van der Waals surface area contributed by atoms with Crippen molar-refractivity contribution in [2.45, 2.75) is 50.7 Å². The molecule has 0 aliphatic rings. The molecule has 0 unspecified atom stereocenters. The summed E-state index contributed by atoms with van der Waals surface area (Å²) in [7, 11) is 0. The largest absolute Gasteiger partial charge is 0.508 e. The van der Waals surface area contributed by atoms with Crippen LogP contribution < -0.4 is 33.6 Å². The zero-order valence-corrected chi connectivity index (χ0v) is 24.6. The van der Waals surface area contributed by atoms with Crippen LogP contribution in [-0.2, 0) is 32.0 Å². The van der Waals surface area contributed by atoms with Crippen molar-refractivity contribution >= 4 is 35.6 Å². The van der Waals surface area contributed by atoms with Crippen LogP contribution in [0.25, 0.3) is 0 Å². The molecular formula is C29H41N9O6. The first-order valence-corrected chi connectivity index (χ1v) is 14.0. The molecule has 15 heteroatoms. The molecule has 44 heavy (non-hydrogen) atoms. The van der Waals surface area contributed by atoms with E-state index in [0.29, 0.717) is 12.0 Å². The molecule has 0 bridgehead atoms. The maximum absolute atomic E-state index is 13.7. The van der Waals surface area contributed by atoms with E-state index < -0.39 is 48.4 Å². The monoisotopic (exact) mass is 611 g/mol. The van der Waals surface area contributed by atoms with E-state index in [0.717, 1.165) is 10.5 Å². The Morgan fingerprint density at radius 1 is 0.841 bits per heavy atom. The lowest BCUT2D eigenvalue weighted by Gasteiger charge is -2.28. The second-order valence-electron chi connectivity index (χ2n) is 9.95. The number of guanidine groups is 2. The molecule has 12 N–H and O–H groups in total. The first-order valence-electron chi connectivity index (χ1n) is 14.0. The summed E-state index contributed by atoms with van der Waals surface area (Å²) in [5, 5.41) is 24.3. The fourth-order valence-corrected chi connectivity index (χ4v) is 4.32. The van der Waals surface area contributed by atoms with Crippen LogP contribution in [0.5, 0.6) is 5.75 Å². The number of phenols is 1. The third-order valence-corrected chi connectivity index (χ3v) is 6.47. The summed E-state index contributed by atoms with van der Waals surface area (Å²) in [6.45, 7) is 1.35. The normalized spacial score (nSPS) is 12.6. The fourth-order valence-electron chi connectivity index (χ4n) is 4.32. The van der Waals surface area contributed by atoms with Crippen LogP contribution in [0.3, 0.4) is 0 Å². The predicted molar refractivity (Wildman–Crippen MR) is 165 cm³/mol. The minimum atomic E-state index is -1.20. The van der Waals surface area contributed by atoms with E-state index in [4.69, 9.17) is 22.9 Å². The number of aliphatic carboxylic acids is 1. The third kappa shape index (κ3) is 12.3. The molecule has 0 radical (unpaired) electrons. The Morgan fingerprint density at radius 2 is 1.45 bits per heavy atom. The zero-order valence-electron chi connectivity index (χ0n) is 24.6. The SMILES string of the molecule is CCN(CC(=O)O)C(=O)[C@H](Cc1ccccc1)NC(=O)[C@@H](CCCN=C(N)N)NC(=O)[C@H](Cc1ccc(O)cc1)N=C(N)N. The Labute approximate surface area is 255 Å². The van der Waals surface area contributed by atoms with Gasteiger partial charge in [-0.15, -0.1) is 0 Å². The smallest absolute Gasteiger partial charge is 0.323 e. The second kappa shape index (κ2) is 17.6. The third-order valence-electron chi connectivity index (χ3n) is 6.47. The van der Waals surface area contributed by atoms with Crippen LogP contribution in [0, 0.1) is 0 Å². The lowest BCUT2D eigenvalue weighted by molar-refractivity contribution is -0.145. The number of phenolic OH excluding ortho intramolecular Hbond substituents is 1. The van der Waals surface area contributed by atoms with Crippen LogP contribution in [-0.4, -0.2) is 88.5 Å². The van der Waals surface area contributed by atoms with Crippen molar-refractivity contribution in [3.05, 3.63) is 65.7 Å². The molecule has 3 amide bonds. The maximum atomic E-state index is 13.7. The predicted octanol–water partition coefficient (Wildman–Crippen LogP) is -1.22. The average Bonchev–Trinajstić information content (AvgIpc) is 2.97. The topological polar surface area (TPSA) is 265 Å². The molecule has 238 valence electrons. The number of carbonyl (C=O) groups is 4. The molecular weight excluding hydrogens is 570 g/mol. The van der Waals surface area contributed by atoms with Crippen LogP contribution in [0.15, 0.2) is 64.6 Å². The average molecular weight is 612 g/mol. The van der Waals surface area contributed by atoms with Crippen molar-refractivity contribution in [2.24, 2.45) is 32.9 Å². The molecule has 0 heterocycles. The lowest BCUT2D eigenvalue weighted by atomic mass is 10.0. The minimum absolute atomic E-state index is 0.0405. The molecule has 0 saturated heterocycles. The highest BCUT2D eigenvalue weighted by Crippen LogP contribution is 2.14. The van der Waals surface area contributed by atoms with Gasteiger partial charge in [0, 0.05) is 25.9 Å². The molecule has 0 spiro atoms. The van der Waals surface area contributed by atoms with Crippen LogP contribution in [0.1, 0.15) is 30.9 Å². The van der Waals surface area contributed by atoms with E-state index >= 15 is 0 Å². The molecule has 0 saturated carbocycles. The van der Waals surface area contributed by atoms with E-state index in [-0.39, 0.29) is 50.0 Å². The van der Waals surface area contributed by atoms with Gasteiger partial charge in [-0.2, -0.15) is 0 Å². The van der Waals surface area contributed by atoms with Crippen molar-refractivity contribution in [2.75, 3.05) is 19.6 Å². The van der Waals surface area contributed by atoms with Gasteiger partial charge >= 0.3 is 5.97 Å². The molecule has 0 fully saturated rings. The minimum Gasteiger partial charge on any atom is -0.508 e. The summed E-state index contributed by atoms with van der Waals surface area (Å²) in [5.41, 5.74) is 23.4. The summed E-state index contributed by atoms with van der Waals surface area (Å²) in [4.78, 5) is 61.0. The van der Waals surface area contributed by atoms with Crippen molar-refractivity contribution in [3.8, 4) is 5.75 Å². The van der Waals surface area contributed by atoms with Gasteiger partial charge in [0.2, 0.25) is 17.7 Å². The number of carboxylic acid groups (broad SMARTS) is 1. The van der Waals surface area contributed by atoms with Crippen LogP contribution in [0.4, 0.5) is 0 Å². The van der Waals surface area contributed by atoms with E-state index in [1.54, 1.807) is 49.4 Å². The van der Waals surface area contributed by atoms with Crippen molar-refractivity contribution < 1.29 is 29.4 Å². The second-order valence-corrected chi connectivity index (χ2v) is 9.95. The number of likely N-dealkylation sites (N-methyl/N-ethyl adjacent to an activating group) is 1. The Bertz CT molecular complexity index is 1310. The van der Waals surface area contributed by atoms with Gasteiger partial charge < -0.3 is 48.7 Å². The van der Waals surface area contributed by atoms with Gasteiger partial charge in [0.05, 0.1) is 0 Å². The molecule has 15 nitrogen and oxygen atoms in total. The highest BCUT2D eigenvalue weighted by Gasteiger charge is 2.31. The van der Waals surface area contributed by atoms with Gasteiger partial charge in [0.1, 0.15) is 30.4 Å². The van der Waals surface area contributed by atoms with Gasteiger partial charge in [-0.1, -0.05) is 42.5 Å². The Hall–Kier alpha value is -5.34. The maximum Gasteiger partial charge on any atom is 0.323 e. The van der Waals surface area contributed by atoms with E-state index in [2.05, 4.69) is 20.6 Å². The van der Waals surface area contributed by atoms with Gasteiger partial charge in [0.15, 0.2) is 11.9 Å². The van der Waals surface area contributed by atoms with Crippen LogP contribution in [0.2, 0.25) is 0 Å². The molecule has 2 rings (SSSR count). The first kappa shape index (κ1) is 34.9. The van der Waals surface area contributed by atoms with Gasteiger partial charge in [-0.3, -0.25) is 24.2 Å². The summed E-state index contributed by atoms with van der Waals surface area (Å²) < 4.78 is 0. The number of carboxylic acids is 1. The highest BCUT2D eigenvalue weighted by molar-refractivity contribution is 5.94. The number of nitrogens with zero attached hydrogens (tertiary/aromatic N) is 3. The molecule has 2 aromatic carbocycles. The van der Waals surface area contributed by atoms with Crippen molar-refractivity contribution in [3.63, 3.8) is 0 Å². The number of carbonyl (C=O) groups excluding carboxylic acids is 3. The van der Waals surface area contributed by atoms with Gasteiger partial charge in [0.25, 0.3) is 0 Å². The summed E-state index contributed by atoms with van der Waals surface area (Å²) in [5.74, 6) is -3.58. The Balaban J connectivity index is 2.35. The van der Waals surface area contributed by atoms with Crippen LogP contribution >= 0.6 is 0 Å². The standard InChI is InChI=1S/C29H41N9O6/c1-2-38(17-24(40)41)27(44)23(16-18-7-4-3-5-8-18)36-25(42)21(9-6-14-34-28(30)31)35-26(43)22(37-29(32)33)15-19-10-12-20(39)13-11-19/h3-5,7-8,10-13,21-23,39H,2,6,9,14-17H2,1H3,(H,35,43)(H,36,42)(H,40,41)(H4,30,31,34)(H4,32,33,37)/t21-,22+,23+/m1/s1. The number of aliphatic imine (C=N–C) groups is 2. The van der Waals surface area contributed by atoms with Crippen molar-refractivity contribution in [1.29, 1.82) is 0 Å². The molecule has 0 aliphatic heterocycles. The summed E-state index contributed by atoms with van der Waals surface area (Å²) >= 11 is 0. The number of amides is 3. The number of benzene rings is 2. The van der Waals surface area contributed by atoms with E-state index in [1.807, 2.05) is 0 Å².